The summed E-state index contributed by atoms with van der Waals surface area (Å²) in [5.41, 5.74) is -1.12. The van der Waals surface area contributed by atoms with Crippen molar-refractivity contribution in [2.75, 3.05) is 32.4 Å². The van der Waals surface area contributed by atoms with E-state index in [9.17, 15) is 34.8 Å². The van der Waals surface area contributed by atoms with Gasteiger partial charge in [0.25, 0.3) is 0 Å². The van der Waals surface area contributed by atoms with Crippen LogP contribution in [0.15, 0.2) is 29.2 Å². The van der Waals surface area contributed by atoms with E-state index in [0.29, 0.717) is 12.5 Å². The van der Waals surface area contributed by atoms with Gasteiger partial charge in [-0.25, -0.2) is 25.9 Å². The van der Waals surface area contributed by atoms with E-state index in [0.717, 1.165) is 24.5 Å². The van der Waals surface area contributed by atoms with Gasteiger partial charge in [-0.2, -0.15) is 13.2 Å². The zero-order valence-corrected chi connectivity index (χ0v) is 16.9. The number of sulfonamides is 2. The van der Waals surface area contributed by atoms with Crippen LogP contribution in [0.2, 0.25) is 0 Å². The molecule has 1 aromatic carbocycles. The summed E-state index contributed by atoms with van der Waals surface area (Å²) in [6, 6.07) is 3.16. The smallest absolute Gasteiger partial charge is 0.355 e. The van der Waals surface area contributed by atoms with Crippen LogP contribution in [0.25, 0.3) is 0 Å². The van der Waals surface area contributed by atoms with E-state index in [-0.39, 0.29) is 19.6 Å². The number of rotatable bonds is 10. The van der Waals surface area contributed by atoms with Crippen molar-refractivity contribution in [1.82, 2.24) is 14.3 Å². The monoisotopic (exact) mass is 445 g/mol. The molecule has 1 rings (SSSR count). The number of benzene rings is 1. The third-order valence-electron chi connectivity index (χ3n) is 3.62. The van der Waals surface area contributed by atoms with Gasteiger partial charge in [0, 0.05) is 19.6 Å². The number of carbonyl (C=O) groups is 1. The van der Waals surface area contributed by atoms with Crippen LogP contribution in [0.5, 0.6) is 0 Å². The molecule has 0 radical (unpaired) electrons. The van der Waals surface area contributed by atoms with Crippen molar-refractivity contribution in [2.24, 2.45) is 0 Å². The molecule has 0 unspecified atom stereocenters. The second-order valence-electron chi connectivity index (χ2n) is 5.81. The van der Waals surface area contributed by atoms with Crippen LogP contribution < -0.4 is 10.0 Å². The van der Waals surface area contributed by atoms with Gasteiger partial charge in [-0.15, -0.1) is 0 Å². The van der Waals surface area contributed by atoms with E-state index < -0.39 is 49.1 Å². The van der Waals surface area contributed by atoms with E-state index in [1.54, 1.807) is 6.92 Å². The van der Waals surface area contributed by atoms with Crippen LogP contribution in [0.4, 0.5) is 13.2 Å². The van der Waals surface area contributed by atoms with Crippen LogP contribution >= 0.6 is 0 Å². The molecule has 0 spiro atoms. The van der Waals surface area contributed by atoms with Gasteiger partial charge >= 0.3 is 6.18 Å². The lowest BCUT2D eigenvalue weighted by molar-refractivity contribution is -0.137. The predicted octanol–water partition coefficient (Wildman–Crippen LogP) is 0.772. The molecule has 0 atom stereocenters. The first-order valence-corrected chi connectivity index (χ1v) is 11.5. The molecular formula is C15H22F3N3O5S2. The second kappa shape index (κ2) is 9.67. The van der Waals surface area contributed by atoms with Crippen molar-refractivity contribution in [1.29, 1.82) is 0 Å². The largest absolute Gasteiger partial charge is 0.416 e. The van der Waals surface area contributed by atoms with Gasteiger partial charge in [0.2, 0.25) is 26.0 Å². The summed E-state index contributed by atoms with van der Waals surface area (Å²) in [6.45, 7) is 1.58. The number of hydrogen-bond donors (Lipinski definition) is 2. The first-order chi connectivity index (χ1) is 12.8. The first kappa shape index (κ1) is 24.3. The van der Waals surface area contributed by atoms with Crippen molar-refractivity contribution in [3.05, 3.63) is 29.8 Å². The van der Waals surface area contributed by atoms with Gasteiger partial charge in [-0.05, 0) is 24.6 Å². The van der Waals surface area contributed by atoms with E-state index in [2.05, 4.69) is 5.32 Å². The van der Waals surface area contributed by atoms with Crippen LogP contribution in [0.3, 0.4) is 0 Å². The van der Waals surface area contributed by atoms with Crippen LogP contribution in [0.1, 0.15) is 18.9 Å². The average molecular weight is 445 g/mol. The highest BCUT2D eigenvalue weighted by atomic mass is 32.2. The Bertz CT molecular complexity index is 886. The molecule has 2 N–H and O–H groups in total. The Labute approximate surface area is 162 Å². The Morgan fingerprint density at radius 3 is 2.36 bits per heavy atom. The minimum Gasteiger partial charge on any atom is -0.355 e. The van der Waals surface area contributed by atoms with Crippen LogP contribution in [-0.2, 0) is 31.0 Å². The summed E-state index contributed by atoms with van der Waals surface area (Å²) < 4.78 is 88.1. The van der Waals surface area contributed by atoms with Crippen LogP contribution in [-0.4, -0.2) is 59.5 Å². The SMILES string of the molecule is CCN(CCCNC(=O)CNS(=O)(=O)c1cccc(C(F)(F)F)c1)S(C)(=O)=O. The highest BCUT2D eigenvalue weighted by molar-refractivity contribution is 7.89. The van der Waals surface area contributed by atoms with E-state index in [4.69, 9.17) is 0 Å². The number of hydrogen-bond acceptors (Lipinski definition) is 5. The molecule has 1 amide bonds. The molecule has 0 aliphatic heterocycles. The quantitative estimate of drug-likeness (QED) is 0.517. The van der Waals surface area contributed by atoms with Gasteiger partial charge in [0.05, 0.1) is 23.3 Å². The molecule has 0 aliphatic rings. The lowest BCUT2D eigenvalue weighted by Crippen LogP contribution is -2.38. The summed E-state index contributed by atoms with van der Waals surface area (Å²) in [5, 5.41) is 2.41. The fraction of sp³-hybridized carbons (Fsp3) is 0.533. The molecule has 8 nitrogen and oxygen atoms in total. The summed E-state index contributed by atoms with van der Waals surface area (Å²) in [4.78, 5) is 11.1. The van der Waals surface area contributed by atoms with Gasteiger partial charge in [-0.3, -0.25) is 4.79 Å². The van der Waals surface area contributed by atoms with Crippen molar-refractivity contribution in [2.45, 2.75) is 24.4 Å². The maximum atomic E-state index is 12.7. The predicted molar refractivity (Wildman–Crippen MR) is 96.4 cm³/mol. The normalized spacial score (nSPS) is 12.9. The molecule has 0 aromatic heterocycles. The number of amides is 1. The van der Waals surface area contributed by atoms with Crippen molar-refractivity contribution >= 4 is 26.0 Å². The van der Waals surface area contributed by atoms with E-state index in [1.807, 2.05) is 4.72 Å². The lowest BCUT2D eigenvalue weighted by atomic mass is 10.2. The Balaban J connectivity index is 2.54. The Morgan fingerprint density at radius 2 is 1.82 bits per heavy atom. The minimum absolute atomic E-state index is 0.107. The summed E-state index contributed by atoms with van der Waals surface area (Å²) in [5.74, 6) is -0.696. The standard InChI is InChI=1S/C15H22F3N3O5S2/c1-3-21(27(2,23)24)9-5-8-19-14(22)11-20-28(25,26)13-7-4-6-12(10-13)15(16,17)18/h4,6-7,10,20H,3,5,8-9,11H2,1-2H3,(H,19,22). The Morgan fingerprint density at radius 1 is 1.18 bits per heavy atom. The number of nitrogens with zero attached hydrogens (tertiary/aromatic N) is 1. The summed E-state index contributed by atoms with van der Waals surface area (Å²) >= 11 is 0. The summed E-state index contributed by atoms with van der Waals surface area (Å²) in [6.07, 6.45) is -3.31. The van der Waals surface area contributed by atoms with E-state index in [1.165, 1.54) is 4.31 Å². The van der Waals surface area contributed by atoms with Gasteiger partial charge < -0.3 is 5.32 Å². The Kier molecular flexibility index (Phi) is 8.41. The Hall–Kier alpha value is -1.70. The molecule has 28 heavy (non-hydrogen) atoms. The molecule has 0 saturated carbocycles. The van der Waals surface area contributed by atoms with Gasteiger partial charge in [0.1, 0.15) is 0 Å². The molecule has 0 fully saturated rings. The summed E-state index contributed by atoms with van der Waals surface area (Å²) in [7, 11) is -7.64. The highest BCUT2D eigenvalue weighted by Crippen LogP contribution is 2.30. The maximum Gasteiger partial charge on any atom is 0.416 e. The van der Waals surface area contributed by atoms with Crippen molar-refractivity contribution in [3.63, 3.8) is 0 Å². The van der Waals surface area contributed by atoms with Gasteiger partial charge in [0.15, 0.2) is 0 Å². The van der Waals surface area contributed by atoms with E-state index >= 15 is 0 Å². The number of alkyl halides is 3. The first-order valence-electron chi connectivity index (χ1n) is 8.16. The lowest BCUT2D eigenvalue weighted by Gasteiger charge is -2.17. The molecule has 160 valence electrons. The highest BCUT2D eigenvalue weighted by Gasteiger charge is 2.31. The minimum atomic E-state index is -4.69. The molecule has 0 saturated heterocycles. The third-order valence-corrected chi connectivity index (χ3v) is 6.40. The molecule has 0 bridgehead atoms. The molecule has 1 aromatic rings. The second-order valence-corrected chi connectivity index (χ2v) is 9.56. The fourth-order valence-electron chi connectivity index (χ4n) is 2.19. The topological polar surface area (TPSA) is 113 Å². The molecule has 13 heteroatoms. The zero-order chi connectivity index (χ0) is 21.6. The van der Waals surface area contributed by atoms with Crippen molar-refractivity contribution < 1.29 is 34.8 Å². The number of nitrogens with one attached hydrogen (secondary N) is 2. The van der Waals surface area contributed by atoms with Crippen molar-refractivity contribution in [3.8, 4) is 0 Å². The third kappa shape index (κ3) is 7.73. The molecule has 0 aliphatic carbocycles. The number of halogens is 3. The molecule has 0 heterocycles. The maximum absolute atomic E-state index is 12.7. The van der Waals surface area contributed by atoms with Crippen LogP contribution in [0, 0.1) is 0 Å². The zero-order valence-electron chi connectivity index (χ0n) is 15.3. The van der Waals surface area contributed by atoms with Gasteiger partial charge in [-0.1, -0.05) is 13.0 Å². The average Bonchev–Trinajstić information content (AvgIpc) is 2.58. The number of carbonyl (C=O) groups excluding carboxylic acids is 1. The fourth-order valence-corrected chi connectivity index (χ4v) is 4.15. The molecular weight excluding hydrogens is 423 g/mol.